The van der Waals surface area contributed by atoms with Gasteiger partial charge in [0.2, 0.25) is 0 Å². The molecule has 0 radical (unpaired) electrons. The number of rotatable bonds is 1. The standard InChI is InChI=1S/C6H8N2S/c1-2-9-6(8-1)5-3-7-4-5/h1-2,5,7H,3-4H2. The van der Waals surface area contributed by atoms with E-state index in [4.69, 9.17) is 0 Å². The van der Waals surface area contributed by atoms with Crippen molar-refractivity contribution in [3.05, 3.63) is 16.6 Å². The number of aromatic nitrogens is 1. The predicted octanol–water partition coefficient (Wildman–Crippen LogP) is 0.830. The Hall–Kier alpha value is -0.410. The van der Waals surface area contributed by atoms with Crippen molar-refractivity contribution in [2.24, 2.45) is 0 Å². The smallest absolute Gasteiger partial charge is 0.0981 e. The summed E-state index contributed by atoms with van der Waals surface area (Å²) in [6, 6.07) is 0. The highest BCUT2D eigenvalue weighted by Crippen LogP contribution is 2.20. The largest absolute Gasteiger partial charge is 0.315 e. The van der Waals surface area contributed by atoms with E-state index < -0.39 is 0 Å². The molecule has 1 aliphatic rings. The molecule has 1 aromatic heterocycles. The molecule has 0 atom stereocenters. The quantitative estimate of drug-likeness (QED) is 0.625. The first-order valence-electron chi connectivity index (χ1n) is 3.07. The van der Waals surface area contributed by atoms with Crippen LogP contribution in [0.15, 0.2) is 11.6 Å². The molecule has 0 saturated carbocycles. The van der Waals surface area contributed by atoms with Crippen LogP contribution in [0.1, 0.15) is 10.9 Å². The molecule has 0 bridgehead atoms. The Morgan fingerprint density at radius 1 is 1.67 bits per heavy atom. The molecule has 2 rings (SSSR count). The van der Waals surface area contributed by atoms with Gasteiger partial charge in [-0.3, -0.25) is 0 Å². The minimum atomic E-state index is 0.713. The fraction of sp³-hybridized carbons (Fsp3) is 0.500. The van der Waals surface area contributed by atoms with Gasteiger partial charge in [0.15, 0.2) is 0 Å². The number of nitrogens with one attached hydrogen (secondary N) is 1. The molecule has 2 heterocycles. The third-order valence-electron chi connectivity index (χ3n) is 1.58. The third kappa shape index (κ3) is 0.862. The molecule has 48 valence electrons. The lowest BCUT2D eigenvalue weighted by molar-refractivity contribution is 0.447. The molecule has 1 N–H and O–H groups in total. The lowest BCUT2D eigenvalue weighted by Gasteiger charge is -2.24. The zero-order valence-electron chi connectivity index (χ0n) is 5.00. The zero-order chi connectivity index (χ0) is 6.10. The van der Waals surface area contributed by atoms with E-state index in [0.717, 1.165) is 13.1 Å². The molecule has 2 nitrogen and oxygen atoms in total. The normalized spacial score (nSPS) is 19.6. The molecule has 9 heavy (non-hydrogen) atoms. The molecule has 0 aromatic carbocycles. The molecule has 1 aromatic rings. The van der Waals surface area contributed by atoms with E-state index in [1.807, 2.05) is 11.6 Å². The highest BCUT2D eigenvalue weighted by molar-refractivity contribution is 7.09. The van der Waals surface area contributed by atoms with E-state index in [9.17, 15) is 0 Å². The summed E-state index contributed by atoms with van der Waals surface area (Å²) in [5.74, 6) is 0.713. The number of nitrogens with zero attached hydrogens (tertiary/aromatic N) is 1. The fourth-order valence-corrected chi connectivity index (χ4v) is 1.64. The van der Waals surface area contributed by atoms with Crippen molar-refractivity contribution < 1.29 is 0 Å². The molecule has 1 fully saturated rings. The molecule has 0 aliphatic carbocycles. The molecule has 3 heteroatoms. The maximum absolute atomic E-state index is 4.22. The average molecular weight is 140 g/mol. The van der Waals surface area contributed by atoms with Gasteiger partial charge in [-0.1, -0.05) is 0 Å². The van der Waals surface area contributed by atoms with Gasteiger partial charge in [0.1, 0.15) is 0 Å². The van der Waals surface area contributed by atoms with Crippen molar-refractivity contribution in [2.75, 3.05) is 13.1 Å². The Labute approximate surface area is 57.9 Å². The second-order valence-electron chi connectivity index (χ2n) is 2.23. The van der Waals surface area contributed by atoms with E-state index in [0.29, 0.717) is 5.92 Å². The van der Waals surface area contributed by atoms with Gasteiger partial charge in [0, 0.05) is 30.6 Å². The van der Waals surface area contributed by atoms with Crippen molar-refractivity contribution in [1.29, 1.82) is 0 Å². The first kappa shape index (κ1) is 5.38. The van der Waals surface area contributed by atoms with Gasteiger partial charge in [-0.15, -0.1) is 11.3 Å². The lowest BCUT2D eigenvalue weighted by Crippen LogP contribution is -2.39. The molecule has 1 saturated heterocycles. The monoisotopic (exact) mass is 140 g/mol. The summed E-state index contributed by atoms with van der Waals surface area (Å²) in [5.41, 5.74) is 0. The van der Waals surface area contributed by atoms with Gasteiger partial charge in [-0.25, -0.2) is 4.98 Å². The van der Waals surface area contributed by atoms with Crippen molar-refractivity contribution in [2.45, 2.75) is 5.92 Å². The molecule has 0 spiro atoms. The predicted molar refractivity (Wildman–Crippen MR) is 37.7 cm³/mol. The minimum absolute atomic E-state index is 0.713. The van der Waals surface area contributed by atoms with E-state index in [-0.39, 0.29) is 0 Å². The Balaban J connectivity index is 2.14. The zero-order valence-corrected chi connectivity index (χ0v) is 5.82. The van der Waals surface area contributed by atoms with Crippen LogP contribution in [-0.2, 0) is 0 Å². The summed E-state index contributed by atoms with van der Waals surface area (Å²) in [4.78, 5) is 4.22. The second-order valence-corrected chi connectivity index (χ2v) is 3.15. The molecular formula is C6H8N2S. The third-order valence-corrected chi connectivity index (χ3v) is 2.52. The van der Waals surface area contributed by atoms with E-state index in [1.54, 1.807) is 11.3 Å². The topological polar surface area (TPSA) is 24.9 Å². The van der Waals surface area contributed by atoms with Crippen LogP contribution < -0.4 is 5.32 Å². The summed E-state index contributed by atoms with van der Waals surface area (Å²) < 4.78 is 0. The number of hydrogen-bond donors (Lipinski definition) is 1. The van der Waals surface area contributed by atoms with Crippen LogP contribution in [0.3, 0.4) is 0 Å². The lowest BCUT2D eigenvalue weighted by atomic mass is 10.1. The van der Waals surface area contributed by atoms with Gasteiger partial charge in [-0.2, -0.15) is 0 Å². The van der Waals surface area contributed by atoms with Crippen LogP contribution in [0.5, 0.6) is 0 Å². The van der Waals surface area contributed by atoms with Crippen molar-refractivity contribution in [3.63, 3.8) is 0 Å². The molecular weight excluding hydrogens is 132 g/mol. The van der Waals surface area contributed by atoms with Crippen LogP contribution in [-0.4, -0.2) is 18.1 Å². The van der Waals surface area contributed by atoms with Gasteiger partial charge in [0.25, 0.3) is 0 Å². The van der Waals surface area contributed by atoms with Gasteiger partial charge < -0.3 is 5.32 Å². The van der Waals surface area contributed by atoms with E-state index in [1.165, 1.54) is 5.01 Å². The van der Waals surface area contributed by atoms with Crippen LogP contribution in [0, 0.1) is 0 Å². The van der Waals surface area contributed by atoms with Crippen LogP contribution in [0.4, 0.5) is 0 Å². The van der Waals surface area contributed by atoms with Gasteiger partial charge in [-0.05, 0) is 0 Å². The Kier molecular flexibility index (Phi) is 1.24. The molecule has 0 unspecified atom stereocenters. The second kappa shape index (κ2) is 2.08. The summed E-state index contributed by atoms with van der Waals surface area (Å²) in [6.45, 7) is 2.24. The van der Waals surface area contributed by atoms with Gasteiger partial charge in [0.05, 0.1) is 5.01 Å². The molecule has 0 amide bonds. The first-order valence-corrected chi connectivity index (χ1v) is 3.95. The number of thiazole rings is 1. The molecule has 1 aliphatic heterocycles. The van der Waals surface area contributed by atoms with Crippen LogP contribution in [0.2, 0.25) is 0 Å². The summed E-state index contributed by atoms with van der Waals surface area (Å²) in [7, 11) is 0. The van der Waals surface area contributed by atoms with Crippen molar-refractivity contribution in [3.8, 4) is 0 Å². The Morgan fingerprint density at radius 2 is 2.56 bits per heavy atom. The Bertz CT molecular complexity index is 179. The Morgan fingerprint density at radius 3 is 3.00 bits per heavy atom. The number of hydrogen-bond acceptors (Lipinski definition) is 3. The SMILES string of the molecule is c1csc(C2CNC2)n1. The van der Waals surface area contributed by atoms with E-state index in [2.05, 4.69) is 10.3 Å². The summed E-state index contributed by atoms with van der Waals surface area (Å²) >= 11 is 1.76. The maximum Gasteiger partial charge on any atom is 0.0981 e. The maximum atomic E-state index is 4.22. The first-order chi connectivity index (χ1) is 4.47. The highest BCUT2D eigenvalue weighted by atomic mass is 32.1. The fourth-order valence-electron chi connectivity index (χ4n) is 0.899. The minimum Gasteiger partial charge on any atom is -0.315 e. The van der Waals surface area contributed by atoms with Crippen molar-refractivity contribution >= 4 is 11.3 Å². The van der Waals surface area contributed by atoms with Crippen LogP contribution in [0.25, 0.3) is 0 Å². The van der Waals surface area contributed by atoms with Gasteiger partial charge >= 0.3 is 0 Å². The van der Waals surface area contributed by atoms with Crippen LogP contribution >= 0.6 is 11.3 Å². The summed E-state index contributed by atoms with van der Waals surface area (Å²) in [5, 5.41) is 6.54. The summed E-state index contributed by atoms with van der Waals surface area (Å²) in [6.07, 6.45) is 1.87. The van der Waals surface area contributed by atoms with E-state index >= 15 is 0 Å². The highest BCUT2D eigenvalue weighted by Gasteiger charge is 2.20. The van der Waals surface area contributed by atoms with Crippen molar-refractivity contribution in [1.82, 2.24) is 10.3 Å². The average Bonchev–Trinajstić information content (AvgIpc) is 2.11.